The van der Waals surface area contributed by atoms with E-state index in [1.54, 1.807) is 0 Å². The molecule has 68 valence electrons. The van der Waals surface area contributed by atoms with E-state index in [-0.39, 0.29) is 13.2 Å². The van der Waals surface area contributed by atoms with E-state index in [0.717, 1.165) is 7.05 Å². The molecule has 0 amide bonds. The van der Waals surface area contributed by atoms with Gasteiger partial charge in [-0.25, -0.2) is 0 Å². The van der Waals surface area contributed by atoms with Crippen LogP contribution < -0.4 is 0 Å². The third kappa shape index (κ3) is 45.7. The van der Waals surface area contributed by atoms with Crippen molar-refractivity contribution < 1.29 is 19.9 Å². The number of ether oxygens (including phenoxy) is 1. The van der Waals surface area contributed by atoms with Crippen molar-refractivity contribution in [2.45, 2.75) is 0 Å². The van der Waals surface area contributed by atoms with Crippen molar-refractivity contribution in [1.82, 2.24) is 0 Å². The van der Waals surface area contributed by atoms with Crippen LogP contribution in [0.1, 0.15) is 0 Å². The molecule has 0 saturated carbocycles. The summed E-state index contributed by atoms with van der Waals surface area (Å²) in [6, 6.07) is 0. The quantitative estimate of drug-likeness (QED) is 0.314. The Labute approximate surface area is 64.6 Å². The molecule has 0 aromatic carbocycles. The molecule has 0 spiro atoms. The second-order valence-electron chi connectivity index (χ2n) is 1.50. The van der Waals surface area contributed by atoms with Gasteiger partial charge in [0.25, 0.3) is 0 Å². The number of hydrogen-bond acceptors (Lipinski definition) is 5. The van der Waals surface area contributed by atoms with Crippen LogP contribution in [0.3, 0.4) is 0 Å². The Kier molecular flexibility index (Phi) is 14.1. The first kappa shape index (κ1) is 12.9. The molecule has 2 N–H and O–H groups in total. The lowest BCUT2D eigenvalue weighted by atomic mass is 10.7. The largest absolute Gasteiger partial charge is 0.394 e. The van der Waals surface area contributed by atoms with Crippen molar-refractivity contribution in [2.75, 3.05) is 33.5 Å². The lowest BCUT2D eigenvalue weighted by Gasteiger charge is -1.94. The van der Waals surface area contributed by atoms with Gasteiger partial charge in [0, 0.05) is 4.92 Å². The van der Waals surface area contributed by atoms with Crippen molar-refractivity contribution in [3.05, 3.63) is 10.1 Å². The van der Waals surface area contributed by atoms with E-state index in [2.05, 4.69) is 4.74 Å². The predicted octanol–water partition coefficient (Wildman–Crippen LogP) is -1.12. The van der Waals surface area contributed by atoms with E-state index in [1.807, 2.05) is 0 Å². The Morgan fingerprint density at radius 3 is 1.82 bits per heavy atom. The lowest BCUT2D eigenvalue weighted by Crippen LogP contribution is -2.03. The van der Waals surface area contributed by atoms with Gasteiger partial charge >= 0.3 is 0 Å². The number of aliphatic hydroxyl groups is 2. The van der Waals surface area contributed by atoms with Crippen LogP contribution in [0.2, 0.25) is 0 Å². The first-order valence-electron chi connectivity index (χ1n) is 3.02. The molecule has 6 heteroatoms. The third-order valence-corrected chi connectivity index (χ3v) is 0.471. The van der Waals surface area contributed by atoms with E-state index >= 15 is 0 Å². The Balaban J connectivity index is 0. The predicted molar refractivity (Wildman–Crippen MR) is 37.9 cm³/mol. The number of rotatable bonds is 4. The molecule has 0 aromatic rings. The van der Waals surface area contributed by atoms with Gasteiger partial charge in [-0.15, -0.1) is 0 Å². The molecule has 0 aliphatic carbocycles. The molecule has 0 unspecified atom stereocenters. The molecular weight excluding hydrogens is 154 g/mol. The summed E-state index contributed by atoms with van der Waals surface area (Å²) in [7, 11) is 0.889. The fourth-order valence-corrected chi connectivity index (χ4v) is 0.231. The minimum atomic E-state index is -0.500. The zero-order valence-electron chi connectivity index (χ0n) is 6.39. The van der Waals surface area contributed by atoms with Crippen LogP contribution in [-0.2, 0) is 4.74 Å². The number of hydrogen-bond donors (Lipinski definition) is 2. The maximum atomic E-state index is 8.81. The van der Waals surface area contributed by atoms with Crippen molar-refractivity contribution in [3.63, 3.8) is 0 Å². The van der Waals surface area contributed by atoms with Crippen molar-refractivity contribution in [1.29, 1.82) is 0 Å². The zero-order valence-corrected chi connectivity index (χ0v) is 6.39. The fraction of sp³-hybridized carbons (Fsp3) is 1.00. The topological polar surface area (TPSA) is 92.8 Å². The van der Waals surface area contributed by atoms with E-state index in [1.165, 1.54) is 0 Å². The Morgan fingerprint density at radius 1 is 1.36 bits per heavy atom. The Hall–Kier alpha value is -0.720. The minimum absolute atomic E-state index is 0.0278. The summed E-state index contributed by atoms with van der Waals surface area (Å²) in [4.78, 5) is 8.31. The summed E-state index contributed by atoms with van der Waals surface area (Å²) in [5, 5.41) is 25.0. The zero-order chi connectivity index (χ0) is 9.11. The highest BCUT2D eigenvalue weighted by Crippen LogP contribution is 1.68. The smallest absolute Gasteiger partial charge is 0.194 e. The highest BCUT2D eigenvalue weighted by atomic mass is 16.6. The van der Waals surface area contributed by atoms with Crippen LogP contribution in [0, 0.1) is 10.1 Å². The average molecular weight is 167 g/mol. The minimum Gasteiger partial charge on any atom is -0.394 e. The summed E-state index contributed by atoms with van der Waals surface area (Å²) in [5.74, 6) is 0. The molecule has 0 aliphatic rings. The number of nitro groups is 1. The van der Waals surface area contributed by atoms with Gasteiger partial charge in [-0.3, -0.25) is 10.1 Å². The lowest BCUT2D eigenvalue weighted by molar-refractivity contribution is -0.445. The molecule has 0 aromatic heterocycles. The van der Waals surface area contributed by atoms with Crippen LogP contribution in [0.25, 0.3) is 0 Å². The molecule has 0 heterocycles. The molecule has 0 bridgehead atoms. The van der Waals surface area contributed by atoms with Crippen LogP contribution in [0.4, 0.5) is 0 Å². The second kappa shape index (κ2) is 12.0. The van der Waals surface area contributed by atoms with Gasteiger partial charge in [-0.05, 0) is 0 Å². The molecule has 6 nitrogen and oxygen atoms in total. The Bertz CT molecular complexity index is 78.9. The Morgan fingerprint density at radius 2 is 1.64 bits per heavy atom. The first-order valence-corrected chi connectivity index (χ1v) is 3.02. The van der Waals surface area contributed by atoms with Gasteiger partial charge in [-0.2, -0.15) is 0 Å². The van der Waals surface area contributed by atoms with E-state index in [9.17, 15) is 0 Å². The summed E-state index contributed by atoms with van der Waals surface area (Å²) in [6.07, 6.45) is 0. The maximum Gasteiger partial charge on any atom is 0.194 e. The number of nitrogens with zero attached hydrogens (tertiary/aromatic N) is 1. The molecule has 0 atom stereocenters. The highest BCUT2D eigenvalue weighted by Gasteiger charge is 1.79. The van der Waals surface area contributed by atoms with Gasteiger partial charge in [0.15, 0.2) is 7.05 Å². The average Bonchev–Trinajstić information content (AvgIpc) is 1.88. The molecule has 0 rings (SSSR count). The number of aliphatic hydroxyl groups excluding tert-OH is 2. The van der Waals surface area contributed by atoms with Gasteiger partial charge in [-0.1, -0.05) is 0 Å². The highest BCUT2D eigenvalue weighted by molar-refractivity contribution is 4.24. The summed E-state index contributed by atoms with van der Waals surface area (Å²) in [5.41, 5.74) is 0. The monoisotopic (exact) mass is 167 g/mol. The molecule has 0 saturated heterocycles. The standard InChI is InChI=1S/C4H10O3.CH3NO2/c5-1-3-7-4-2-6;1-2(3)4/h5-6H,1-4H2;1H3. The molecule has 0 aliphatic heterocycles. The van der Waals surface area contributed by atoms with Crippen LogP contribution >= 0.6 is 0 Å². The summed E-state index contributed by atoms with van der Waals surface area (Å²) < 4.78 is 4.63. The molecule has 0 fully saturated rings. The van der Waals surface area contributed by atoms with Crippen molar-refractivity contribution in [2.24, 2.45) is 0 Å². The summed E-state index contributed by atoms with van der Waals surface area (Å²) >= 11 is 0. The van der Waals surface area contributed by atoms with Gasteiger partial charge in [0.2, 0.25) is 0 Å². The normalized spacial score (nSPS) is 8.27. The first-order chi connectivity index (χ1) is 5.15. The van der Waals surface area contributed by atoms with Gasteiger partial charge in [0.1, 0.15) is 0 Å². The van der Waals surface area contributed by atoms with Crippen LogP contribution in [-0.4, -0.2) is 48.6 Å². The maximum absolute atomic E-state index is 8.81. The fourth-order valence-electron chi connectivity index (χ4n) is 0.231. The summed E-state index contributed by atoms with van der Waals surface area (Å²) in [6.45, 7) is 0.696. The van der Waals surface area contributed by atoms with Crippen molar-refractivity contribution >= 4 is 0 Å². The second-order valence-corrected chi connectivity index (χ2v) is 1.50. The molecule has 11 heavy (non-hydrogen) atoms. The van der Waals surface area contributed by atoms with E-state index in [4.69, 9.17) is 20.3 Å². The van der Waals surface area contributed by atoms with E-state index < -0.39 is 4.92 Å². The SMILES string of the molecule is C[N+](=O)[O-].OCCOCCO. The van der Waals surface area contributed by atoms with E-state index in [0.29, 0.717) is 13.2 Å². The van der Waals surface area contributed by atoms with Crippen molar-refractivity contribution in [3.8, 4) is 0 Å². The molecular formula is C5H13NO5. The molecule has 0 radical (unpaired) electrons. The van der Waals surface area contributed by atoms with Crippen LogP contribution in [0.5, 0.6) is 0 Å². The third-order valence-electron chi connectivity index (χ3n) is 0.471. The van der Waals surface area contributed by atoms with Gasteiger partial charge < -0.3 is 14.9 Å². The van der Waals surface area contributed by atoms with Gasteiger partial charge in [0.05, 0.1) is 26.4 Å². The van der Waals surface area contributed by atoms with Crippen LogP contribution in [0.15, 0.2) is 0 Å².